The van der Waals surface area contributed by atoms with Crippen LogP contribution in [0.15, 0.2) is 48.2 Å². The fourth-order valence-corrected chi connectivity index (χ4v) is 3.41. The van der Waals surface area contributed by atoms with E-state index in [0.29, 0.717) is 24.5 Å². The number of ether oxygens (including phenoxy) is 2. The van der Waals surface area contributed by atoms with Crippen LogP contribution in [0, 0.1) is 11.3 Å². The molecule has 29 heavy (non-hydrogen) atoms. The SMILES string of the molecule is CCCCOc1ccc([C@]2(C)CC(c3ccc(OC)nc3)=C(C#N)C(=O)N2)cc1. The molecular formula is C23H25N3O3. The van der Waals surface area contributed by atoms with Gasteiger partial charge in [-0.1, -0.05) is 25.5 Å². The number of carbonyl (C=O) groups is 1. The van der Waals surface area contributed by atoms with E-state index in [2.05, 4.69) is 17.2 Å². The normalized spacial score (nSPS) is 18.8. The molecule has 1 amide bonds. The Labute approximate surface area is 171 Å². The molecule has 0 fully saturated rings. The maximum absolute atomic E-state index is 12.7. The summed E-state index contributed by atoms with van der Waals surface area (Å²) in [5.74, 6) is 0.908. The van der Waals surface area contributed by atoms with Gasteiger partial charge in [0.2, 0.25) is 5.88 Å². The van der Waals surface area contributed by atoms with Crippen molar-refractivity contribution in [3.63, 3.8) is 0 Å². The highest BCUT2D eigenvalue weighted by Gasteiger charge is 2.37. The summed E-state index contributed by atoms with van der Waals surface area (Å²) in [5.41, 5.74) is 1.84. The molecule has 0 saturated carbocycles. The van der Waals surface area contributed by atoms with Crippen LogP contribution >= 0.6 is 0 Å². The second kappa shape index (κ2) is 8.78. The summed E-state index contributed by atoms with van der Waals surface area (Å²) in [6.07, 6.45) is 4.20. The minimum Gasteiger partial charge on any atom is -0.494 e. The minimum absolute atomic E-state index is 0.119. The fourth-order valence-electron chi connectivity index (χ4n) is 3.41. The van der Waals surface area contributed by atoms with Gasteiger partial charge in [0.15, 0.2) is 0 Å². The van der Waals surface area contributed by atoms with Crippen molar-refractivity contribution in [2.45, 2.75) is 38.6 Å². The van der Waals surface area contributed by atoms with Crippen molar-refractivity contribution in [3.8, 4) is 17.7 Å². The number of methoxy groups -OCH3 is 1. The second-order valence-corrected chi connectivity index (χ2v) is 7.24. The number of rotatable bonds is 7. The quantitative estimate of drug-likeness (QED) is 0.722. The summed E-state index contributed by atoms with van der Waals surface area (Å²) in [6.45, 7) is 4.77. The van der Waals surface area contributed by atoms with Gasteiger partial charge in [-0.15, -0.1) is 0 Å². The number of nitrogens with zero attached hydrogens (tertiary/aromatic N) is 2. The molecule has 150 valence electrons. The molecule has 0 spiro atoms. The largest absolute Gasteiger partial charge is 0.494 e. The van der Waals surface area contributed by atoms with Crippen molar-refractivity contribution >= 4 is 11.5 Å². The molecule has 6 nitrogen and oxygen atoms in total. The van der Waals surface area contributed by atoms with E-state index >= 15 is 0 Å². The number of hydrogen-bond donors (Lipinski definition) is 1. The minimum atomic E-state index is -0.644. The first kappa shape index (κ1) is 20.4. The first-order valence-electron chi connectivity index (χ1n) is 9.70. The molecular weight excluding hydrogens is 366 g/mol. The number of pyridine rings is 1. The van der Waals surface area contributed by atoms with Crippen molar-refractivity contribution in [2.24, 2.45) is 0 Å². The Hall–Kier alpha value is -3.33. The van der Waals surface area contributed by atoms with Gasteiger partial charge < -0.3 is 14.8 Å². The summed E-state index contributed by atoms with van der Waals surface area (Å²) in [5, 5.41) is 12.5. The van der Waals surface area contributed by atoms with Crippen LogP contribution in [0.2, 0.25) is 0 Å². The van der Waals surface area contributed by atoms with E-state index < -0.39 is 5.54 Å². The molecule has 3 rings (SSSR count). The lowest BCUT2D eigenvalue weighted by Crippen LogP contribution is -2.47. The van der Waals surface area contributed by atoms with Crippen molar-refractivity contribution in [1.29, 1.82) is 5.26 Å². The maximum atomic E-state index is 12.7. The van der Waals surface area contributed by atoms with E-state index in [4.69, 9.17) is 9.47 Å². The third kappa shape index (κ3) is 4.40. The highest BCUT2D eigenvalue weighted by molar-refractivity contribution is 6.07. The van der Waals surface area contributed by atoms with Crippen molar-refractivity contribution in [3.05, 3.63) is 59.3 Å². The highest BCUT2D eigenvalue weighted by atomic mass is 16.5. The monoisotopic (exact) mass is 391 g/mol. The third-order valence-corrected chi connectivity index (χ3v) is 5.11. The average molecular weight is 391 g/mol. The van der Waals surface area contributed by atoms with Gasteiger partial charge in [0.05, 0.1) is 19.3 Å². The van der Waals surface area contributed by atoms with Crippen LogP contribution < -0.4 is 14.8 Å². The van der Waals surface area contributed by atoms with Gasteiger partial charge in [-0.05, 0) is 48.2 Å². The fraction of sp³-hybridized carbons (Fsp3) is 0.348. The molecule has 1 aromatic heterocycles. The molecule has 0 aliphatic carbocycles. The van der Waals surface area contributed by atoms with Gasteiger partial charge in [-0.3, -0.25) is 4.79 Å². The van der Waals surface area contributed by atoms with Crippen LogP contribution in [-0.2, 0) is 10.3 Å². The lowest BCUT2D eigenvalue weighted by molar-refractivity contribution is -0.119. The predicted octanol–water partition coefficient (Wildman–Crippen LogP) is 3.98. The molecule has 2 heterocycles. The molecule has 1 aromatic carbocycles. The summed E-state index contributed by atoms with van der Waals surface area (Å²) in [7, 11) is 1.54. The van der Waals surface area contributed by atoms with Gasteiger partial charge >= 0.3 is 0 Å². The Morgan fingerprint density at radius 2 is 2.00 bits per heavy atom. The summed E-state index contributed by atoms with van der Waals surface area (Å²) in [6, 6.07) is 13.4. The van der Waals surface area contributed by atoms with Gasteiger partial charge in [-0.25, -0.2) is 4.98 Å². The molecule has 1 atom stereocenters. The number of aromatic nitrogens is 1. The van der Waals surface area contributed by atoms with Crippen molar-refractivity contribution < 1.29 is 14.3 Å². The zero-order chi connectivity index (χ0) is 20.9. The molecule has 0 saturated heterocycles. The number of hydrogen-bond acceptors (Lipinski definition) is 5. The summed E-state index contributed by atoms with van der Waals surface area (Å²) in [4.78, 5) is 16.9. The number of benzene rings is 1. The van der Waals surface area contributed by atoms with Crippen molar-refractivity contribution in [1.82, 2.24) is 10.3 Å². The first-order valence-corrected chi connectivity index (χ1v) is 9.70. The second-order valence-electron chi connectivity index (χ2n) is 7.24. The van der Waals surface area contributed by atoms with E-state index in [1.807, 2.05) is 43.3 Å². The van der Waals surface area contributed by atoms with Crippen molar-refractivity contribution in [2.75, 3.05) is 13.7 Å². The van der Waals surface area contributed by atoms with E-state index in [0.717, 1.165) is 29.7 Å². The predicted molar refractivity (Wildman–Crippen MR) is 110 cm³/mol. The lowest BCUT2D eigenvalue weighted by atomic mass is 9.79. The number of nitriles is 1. The third-order valence-electron chi connectivity index (χ3n) is 5.11. The highest BCUT2D eigenvalue weighted by Crippen LogP contribution is 2.38. The van der Waals surface area contributed by atoms with E-state index in [1.165, 1.54) is 0 Å². The zero-order valence-electron chi connectivity index (χ0n) is 17.0. The molecule has 1 N–H and O–H groups in total. The smallest absolute Gasteiger partial charge is 0.262 e. The number of unbranched alkanes of at least 4 members (excludes halogenated alkanes) is 1. The number of amides is 1. The van der Waals surface area contributed by atoms with Crippen LogP contribution in [0.3, 0.4) is 0 Å². The summed E-state index contributed by atoms with van der Waals surface area (Å²) < 4.78 is 10.8. The number of nitrogens with one attached hydrogen (secondary N) is 1. The molecule has 6 heteroatoms. The Bertz CT molecular complexity index is 943. The van der Waals surface area contributed by atoms with Crippen LogP contribution in [0.5, 0.6) is 11.6 Å². The molecule has 0 radical (unpaired) electrons. The lowest BCUT2D eigenvalue weighted by Gasteiger charge is -2.36. The average Bonchev–Trinajstić information content (AvgIpc) is 2.74. The van der Waals surface area contributed by atoms with Crippen LogP contribution in [0.4, 0.5) is 0 Å². The Morgan fingerprint density at radius 3 is 2.59 bits per heavy atom. The summed E-state index contributed by atoms with van der Waals surface area (Å²) >= 11 is 0. The standard InChI is InChI=1S/C23H25N3O3/c1-4-5-12-29-18-9-7-17(8-10-18)23(2)13-19(20(14-24)22(27)26-23)16-6-11-21(28-3)25-15-16/h6-11,15H,4-5,12-13H2,1-3H3,(H,26,27)/t23-/m0/s1. The molecule has 1 aliphatic rings. The van der Waals surface area contributed by atoms with E-state index in [1.54, 1.807) is 19.4 Å². The van der Waals surface area contributed by atoms with Crippen LogP contribution in [0.1, 0.15) is 44.2 Å². The maximum Gasteiger partial charge on any atom is 0.262 e. The zero-order valence-corrected chi connectivity index (χ0v) is 17.0. The number of carbonyl (C=O) groups excluding carboxylic acids is 1. The van der Waals surface area contributed by atoms with Gasteiger partial charge in [-0.2, -0.15) is 5.26 Å². The topological polar surface area (TPSA) is 84.2 Å². The van der Waals surface area contributed by atoms with E-state index in [9.17, 15) is 10.1 Å². The molecule has 0 bridgehead atoms. The van der Waals surface area contributed by atoms with Gasteiger partial charge in [0.25, 0.3) is 5.91 Å². The van der Waals surface area contributed by atoms with Gasteiger partial charge in [0, 0.05) is 18.7 Å². The van der Waals surface area contributed by atoms with E-state index in [-0.39, 0.29) is 11.5 Å². The Kier molecular flexibility index (Phi) is 6.18. The first-order chi connectivity index (χ1) is 14.0. The molecule has 0 unspecified atom stereocenters. The Balaban J connectivity index is 1.90. The Morgan fingerprint density at radius 1 is 1.24 bits per heavy atom. The molecule has 1 aliphatic heterocycles. The van der Waals surface area contributed by atoms with Crippen LogP contribution in [0.25, 0.3) is 5.57 Å². The van der Waals surface area contributed by atoms with Crippen LogP contribution in [-0.4, -0.2) is 24.6 Å². The molecule has 2 aromatic rings. The van der Waals surface area contributed by atoms with Gasteiger partial charge in [0.1, 0.15) is 17.4 Å².